The van der Waals surface area contributed by atoms with Crippen LogP contribution in [-0.2, 0) is 6.42 Å². The van der Waals surface area contributed by atoms with Crippen LogP contribution in [0.4, 0.5) is 0 Å². The topological polar surface area (TPSA) is 0 Å². The second kappa shape index (κ2) is 2.69. The molecule has 2 heteroatoms. The number of aryl methyl sites for hydroxylation is 1. The fourth-order valence-electron chi connectivity index (χ4n) is 1.53. The zero-order chi connectivity index (χ0) is 7.84. The number of halogens is 2. The van der Waals surface area contributed by atoms with E-state index in [0.717, 1.165) is 17.9 Å². The van der Waals surface area contributed by atoms with Gasteiger partial charge in [-0.2, -0.15) is 0 Å². The van der Waals surface area contributed by atoms with Crippen molar-refractivity contribution in [3.8, 4) is 0 Å². The fourth-order valence-corrected chi connectivity index (χ4v) is 2.05. The van der Waals surface area contributed by atoms with Gasteiger partial charge in [-0.05, 0) is 36.1 Å². The van der Waals surface area contributed by atoms with Crippen LogP contribution in [0.5, 0.6) is 0 Å². The van der Waals surface area contributed by atoms with Crippen molar-refractivity contribution in [1.82, 2.24) is 0 Å². The highest BCUT2D eigenvalue weighted by Crippen LogP contribution is 2.36. The Labute approximate surface area is 76.1 Å². The SMILES string of the molecule is Clc1ccc2c(c1)CC[C@@H]2Cl. The normalized spacial score (nSPS) is 21.8. The van der Waals surface area contributed by atoms with Crippen LogP contribution in [0.1, 0.15) is 22.9 Å². The molecule has 1 atom stereocenters. The molecule has 0 amide bonds. The van der Waals surface area contributed by atoms with Crippen LogP contribution >= 0.6 is 23.2 Å². The summed E-state index contributed by atoms with van der Waals surface area (Å²) >= 11 is 11.9. The van der Waals surface area contributed by atoms with Crippen LogP contribution in [0.3, 0.4) is 0 Å². The number of rotatable bonds is 0. The molecule has 0 heterocycles. The predicted molar refractivity (Wildman–Crippen MR) is 48.4 cm³/mol. The van der Waals surface area contributed by atoms with E-state index < -0.39 is 0 Å². The number of alkyl halides is 1. The molecule has 0 nitrogen and oxygen atoms in total. The Morgan fingerprint density at radius 2 is 2.18 bits per heavy atom. The van der Waals surface area contributed by atoms with Crippen LogP contribution in [-0.4, -0.2) is 0 Å². The molecule has 58 valence electrons. The number of benzene rings is 1. The summed E-state index contributed by atoms with van der Waals surface area (Å²) in [5, 5.41) is 1.02. The van der Waals surface area contributed by atoms with Gasteiger partial charge in [-0.3, -0.25) is 0 Å². The van der Waals surface area contributed by atoms with Crippen molar-refractivity contribution in [2.45, 2.75) is 18.2 Å². The molecular weight excluding hydrogens is 179 g/mol. The van der Waals surface area contributed by atoms with E-state index in [1.54, 1.807) is 0 Å². The van der Waals surface area contributed by atoms with Gasteiger partial charge in [0.05, 0.1) is 5.38 Å². The molecule has 0 aliphatic heterocycles. The molecule has 1 aromatic carbocycles. The summed E-state index contributed by atoms with van der Waals surface area (Å²) in [4.78, 5) is 0. The molecule has 0 spiro atoms. The van der Waals surface area contributed by atoms with Crippen LogP contribution in [0.2, 0.25) is 5.02 Å². The van der Waals surface area contributed by atoms with Gasteiger partial charge >= 0.3 is 0 Å². The molecule has 1 aliphatic carbocycles. The monoisotopic (exact) mass is 186 g/mol. The van der Waals surface area contributed by atoms with Crippen molar-refractivity contribution in [3.63, 3.8) is 0 Å². The maximum Gasteiger partial charge on any atom is 0.0591 e. The Morgan fingerprint density at radius 1 is 1.36 bits per heavy atom. The fraction of sp³-hybridized carbons (Fsp3) is 0.333. The maximum absolute atomic E-state index is 6.05. The molecule has 0 saturated carbocycles. The maximum atomic E-state index is 6.05. The molecule has 0 unspecified atom stereocenters. The predicted octanol–water partition coefficient (Wildman–Crippen LogP) is 3.57. The summed E-state index contributed by atoms with van der Waals surface area (Å²) in [6.45, 7) is 0. The molecule has 1 aliphatic rings. The highest BCUT2D eigenvalue weighted by Gasteiger charge is 2.19. The first kappa shape index (κ1) is 7.45. The summed E-state index contributed by atoms with van der Waals surface area (Å²) < 4.78 is 0. The first-order valence-electron chi connectivity index (χ1n) is 3.70. The Bertz CT molecular complexity index is 281. The average Bonchev–Trinajstić information content (AvgIpc) is 2.32. The third-order valence-corrected chi connectivity index (χ3v) is 2.80. The van der Waals surface area contributed by atoms with Gasteiger partial charge in [0.2, 0.25) is 0 Å². The van der Waals surface area contributed by atoms with E-state index >= 15 is 0 Å². The van der Waals surface area contributed by atoms with Crippen molar-refractivity contribution >= 4 is 23.2 Å². The lowest BCUT2D eigenvalue weighted by atomic mass is 10.1. The average molecular weight is 187 g/mol. The minimum Gasteiger partial charge on any atom is -0.118 e. The first-order chi connectivity index (χ1) is 5.27. The van der Waals surface area contributed by atoms with Crippen molar-refractivity contribution in [1.29, 1.82) is 0 Å². The van der Waals surface area contributed by atoms with E-state index in [4.69, 9.17) is 23.2 Å². The highest BCUT2D eigenvalue weighted by atomic mass is 35.5. The number of hydrogen-bond acceptors (Lipinski definition) is 0. The smallest absolute Gasteiger partial charge is 0.0591 e. The van der Waals surface area contributed by atoms with Gasteiger partial charge in [-0.15, -0.1) is 11.6 Å². The lowest BCUT2D eigenvalue weighted by Gasteiger charge is -2.01. The van der Waals surface area contributed by atoms with Gasteiger partial charge in [0, 0.05) is 5.02 Å². The summed E-state index contributed by atoms with van der Waals surface area (Å²) in [5.74, 6) is 0. The van der Waals surface area contributed by atoms with Gasteiger partial charge in [0.15, 0.2) is 0 Å². The number of fused-ring (bicyclic) bond motifs is 1. The molecule has 0 aromatic heterocycles. The lowest BCUT2D eigenvalue weighted by molar-refractivity contribution is 0.882. The molecule has 1 aromatic rings. The Balaban J connectivity index is 2.50. The van der Waals surface area contributed by atoms with Gasteiger partial charge in [-0.25, -0.2) is 0 Å². The Kier molecular flexibility index (Phi) is 1.82. The first-order valence-corrected chi connectivity index (χ1v) is 4.51. The van der Waals surface area contributed by atoms with Crippen molar-refractivity contribution in [2.75, 3.05) is 0 Å². The zero-order valence-corrected chi connectivity index (χ0v) is 7.49. The van der Waals surface area contributed by atoms with E-state index in [-0.39, 0.29) is 5.38 Å². The molecular formula is C9H8Cl2. The molecule has 11 heavy (non-hydrogen) atoms. The van der Waals surface area contributed by atoms with E-state index in [1.165, 1.54) is 11.1 Å². The van der Waals surface area contributed by atoms with Gasteiger partial charge in [0.1, 0.15) is 0 Å². The quantitative estimate of drug-likeness (QED) is 0.544. The molecule has 0 fully saturated rings. The van der Waals surface area contributed by atoms with E-state index in [0.29, 0.717) is 0 Å². The van der Waals surface area contributed by atoms with Gasteiger partial charge in [0.25, 0.3) is 0 Å². The standard InChI is InChI=1S/C9H8Cl2/c10-7-2-3-8-6(5-7)1-4-9(8)11/h2-3,5,9H,1,4H2/t9-/m0/s1. The molecule has 2 rings (SSSR count). The second-order valence-electron chi connectivity index (χ2n) is 2.85. The Morgan fingerprint density at radius 3 is 3.00 bits per heavy atom. The van der Waals surface area contributed by atoms with Crippen LogP contribution < -0.4 is 0 Å². The molecule has 0 radical (unpaired) electrons. The number of hydrogen-bond donors (Lipinski definition) is 0. The van der Waals surface area contributed by atoms with Crippen molar-refractivity contribution < 1.29 is 0 Å². The molecule has 0 N–H and O–H groups in total. The molecule has 0 bridgehead atoms. The Hall–Kier alpha value is -0.200. The van der Waals surface area contributed by atoms with E-state index in [1.807, 2.05) is 18.2 Å². The summed E-state index contributed by atoms with van der Waals surface area (Å²) in [6, 6.07) is 5.95. The minimum absolute atomic E-state index is 0.210. The van der Waals surface area contributed by atoms with Crippen molar-refractivity contribution in [2.24, 2.45) is 0 Å². The van der Waals surface area contributed by atoms with Crippen LogP contribution in [0.15, 0.2) is 18.2 Å². The summed E-state index contributed by atoms with van der Waals surface area (Å²) in [5.41, 5.74) is 2.58. The van der Waals surface area contributed by atoms with Gasteiger partial charge in [-0.1, -0.05) is 17.7 Å². The summed E-state index contributed by atoms with van der Waals surface area (Å²) in [7, 11) is 0. The van der Waals surface area contributed by atoms with Crippen molar-refractivity contribution in [3.05, 3.63) is 34.3 Å². The zero-order valence-electron chi connectivity index (χ0n) is 5.98. The largest absolute Gasteiger partial charge is 0.118 e. The van der Waals surface area contributed by atoms with E-state index in [2.05, 4.69) is 0 Å². The lowest BCUT2D eigenvalue weighted by Crippen LogP contribution is -1.82. The summed E-state index contributed by atoms with van der Waals surface area (Å²) in [6.07, 6.45) is 2.13. The minimum atomic E-state index is 0.210. The second-order valence-corrected chi connectivity index (χ2v) is 3.81. The third-order valence-electron chi connectivity index (χ3n) is 2.11. The highest BCUT2D eigenvalue weighted by molar-refractivity contribution is 6.30. The third kappa shape index (κ3) is 1.25. The van der Waals surface area contributed by atoms with Crippen LogP contribution in [0, 0.1) is 0 Å². The van der Waals surface area contributed by atoms with E-state index in [9.17, 15) is 0 Å². The van der Waals surface area contributed by atoms with Crippen LogP contribution in [0.25, 0.3) is 0 Å². The molecule has 0 saturated heterocycles. The van der Waals surface area contributed by atoms with Gasteiger partial charge < -0.3 is 0 Å².